The molecule has 1 aromatic rings. The molecule has 0 atom stereocenters. The van der Waals surface area contributed by atoms with E-state index in [1.807, 2.05) is 0 Å². The van der Waals surface area contributed by atoms with Gasteiger partial charge in [0.15, 0.2) is 0 Å². The van der Waals surface area contributed by atoms with E-state index in [0.29, 0.717) is 0 Å². The Morgan fingerprint density at radius 3 is 2.50 bits per heavy atom. The monoisotopic (exact) mass is 299 g/mol. The normalized spacial score (nSPS) is 16.1. The number of benzene rings is 1. The number of hydrogen-bond donors (Lipinski definition) is 1. The molecule has 20 heavy (non-hydrogen) atoms. The van der Waals surface area contributed by atoms with Crippen molar-refractivity contribution < 1.29 is 22.7 Å². The summed E-state index contributed by atoms with van der Waals surface area (Å²) in [7, 11) is -2.47. The van der Waals surface area contributed by atoms with Gasteiger partial charge in [0.1, 0.15) is 17.4 Å². The van der Waals surface area contributed by atoms with Gasteiger partial charge in [-0.25, -0.2) is 18.4 Å². The van der Waals surface area contributed by atoms with E-state index >= 15 is 0 Å². The van der Waals surface area contributed by atoms with Crippen molar-refractivity contribution in [3.8, 4) is 5.75 Å². The van der Waals surface area contributed by atoms with Gasteiger partial charge in [0.25, 0.3) is 0 Å². The molecule has 110 valence electrons. The topological polar surface area (TPSA) is 95.7 Å². The average molecular weight is 299 g/mol. The first kappa shape index (κ1) is 14.8. The molecule has 0 aromatic heterocycles. The highest BCUT2D eigenvalue weighted by Gasteiger charge is 2.23. The van der Waals surface area contributed by atoms with Crippen LogP contribution in [0.1, 0.15) is 36.0 Å². The molecule has 0 amide bonds. The fourth-order valence-electron chi connectivity index (χ4n) is 2.24. The van der Waals surface area contributed by atoms with Crippen LogP contribution in [0.5, 0.6) is 5.75 Å². The molecule has 7 heteroatoms. The van der Waals surface area contributed by atoms with Crippen molar-refractivity contribution in [2.45, 2.75) is 36.7 Å². The second-order valence-corrected chi connectivity index (χ2v) is 6.28. The number of rotatable bonds is 4. The van der Waals surface area contributed by atoms with E-state index in [-0.39, 0.29) is 22.3 Å². The molecule has 0 aliphatic heterocycles. The molecule has 1 aliphatic rings. The second kappa shape index (κ2) is 5.80. The lowest BCUT2D eigenvalue weighted by molar-refractivity contribution is 0.0314. The zero-order chi connectivity index (χ0) is 14.8. The fraction of sp³-hybridized carbons (Fsp3) is 0.462. The highest BCUT2D eigenvalue weighted by Crippen LogP contribution is 2.26. The first-order valence-corrected chi connectivity index (χ1v) is 7.88. The molecule has 1 fully saturated rings. The van der Waals surface area contributed by atoms with Gasteiger partial charge in [-0.2, -0.15) is 0 Å². The molecule has 0 radical (unpaired) electrons. The largest absolute Gasteiger partial charge is 0.496 e. The van der Waals surface area contributed by atoms with Crippen molar-refractivity contribution in [1.29, 1.82) is 0 Å². The standard InChI is InChI=1S/C13H17NO5S/c1-18-12-7-6-10(20(14,16)17)8-11(12)13(15)19-9-4-2-3-5-9/h6-9H,2-5H2,1H3,(H2,14,16,17). The second-order valence-electron chi connectivity index (χ2n) is 4.72. The molecule has 0 heterocycles. The predicted octanol–water partition coefficient (Wildman–Crippen LogP) is 1.44. The van der Waals surface area contributed by atoms with Crippen LogP contribution in [-0.4, -0.2) is 27.6 Å². The number of primary sulfonamides is 1. The summed E-state index contributed by atoms with van der Waals surface area (Å²) in [6.07, 6.45) is 3.63. The molecular weight excluding hydrogens is 282 g/mol. The van der Waals surface area contributed by atoms with Gasteiger partial charge in [-0.05, 0) is 43.9 Å². The number of ether oxygens (including phenoxy) is 2. The van der Waals surface area contributed by atoms with Crippen molar-refractivity contribution in [3.63, 3.8) is 0 Å². The van der Waals surface area contributed by atoms with E-state index < -0.39 is 16.0 Å². The Bertz CT molecular complexity index is 605. The predicted molar refractivity (Wildman–Crippen MR) is 72.0 cm³/mol. The Kier molecular flexibility index (Phi) is 4.29. The van der Waals surface area contributed by atoms with Gasteiger partial charge in [-0.3, -0.25) is 0 Å². The summed E-state index contributed by atoms with van der Waals surface area (Å²) in [6.45, 7) is 0. The molecule has 1 aromatic carbocycles. The maximum atomic E-state index is 12.1. The summed E-state index contributed by atoms with van der Waals surface area (Å²) in [4.78, 5) is 12.0. The van der Waals surface area contributed by atoms with Crippen molar-refractivity contribution in [1.82, 2.24) is 0 Å². The number of nitrogens with two attached hydrogens (primary N) is 1. The third-order valence-corrected chi connectivity index (χ3v) is 4.21. The lowest BCUT2D eigenvalue weighted by atomic mass is 10.2. The zero-order valence-electron chi connectivity index (χ0n) is 11.2. The molecular formula is C13H17NO5S. The minimum atomic E-state index is -3.87. The lowest BCUT2D eigenvalue weighted by Crippen LogP contribution is -2.17. The number of sulfonamides is 1. The van der Waals surface area contributed by atoms with Crippen molar-refractivity contribution in [2.75, 3.05) is 7.11 Å². The maximum Gasteiger partial charge on any atom is 0.342 e. The van der Waals surface area contributed by atoms with Crippen LogP contribution in [0.15, 0.2) is 23.1 Å². The molecule has 2 rings (SSSR count). The third-order valence-electron chi connectivity index (χ3n) is 3.30. The molecule has 6 nitrogen and oxygen atoms in total. The molecule has 0 spiro atoms. The van der Waals surface area contributed by atoms with E-state index in [1.165, 1.54) is 25.3 Å². The Morgan fingerprint density at radius 2 is 1.95 bits per heavy atom. The Hall–Kier alpha value is -1.60. The SMILES string of the molecule is COc1ccc(S(N)(=O)=O)cc1C(=O)OC1CCCC1. The smallest absolute Gasteiger partial charge is 0.342 e. The van der Waals surface area contributed by atoms with E-state index in [1.54, 1.807) is 0 Å². The van der Waals surface area contributed by atoms with E-state index in [4.69, 9.17) is 14.6 Å². The summed E-state index contributed by atoms with van der Waals surface area (Å²) in [5.41, 5.74) is 0.0749. The van der Waals surface area contributed by atoms with Crippen LogP contribution < -0.4 is 9.88 Å². The average Bonchev–Trinajstić information content (AvgIpc) is 2.89. The number of esters is 1. The molecule has 1 saturated carbocycles. The van der Waals surface area contributed by atoms with Crippen LogP contribution in [0.4, 0.5) is 0 Å². The maximum absolute atomic E-state index is 12.1. The molecule has 0 unspecified atom stereocenters. The minimum absolute atomic E-state index is 0.0749. The van der Waals surface area contributed by atoms with Gasteiger partial charge in [0.05, 0.1) is 12.0 Å². The van der Waals surface area contributed by atoms with Crippen LogP contribution >= 0.6 is 0 Å². The number of methoxy groups -OCH3 is 1. The molecule has 0 bridgehead atoms. The fourth-order valence-corrected chi connectivity index (χ4v) is 2.78. The third kappa shape index (κ3) is 3.29. The number of carbonyl (C=O) groups excluding carboxylic acids is 1. The van der Waals surface area contributed by atoms with E-state index in [2.05, 4.69) is 0 Å². The Labute approximate surface area is 117 Å². The van der Waals surface area contributed by atoms with Gasteiger partial charge in [-0.1, -0.05) is 0 Å². The molecule has 0 saturated heterocycles. The van der Waals surface area contributed by atoms with Crippen molar-refractivity contribution in [3.05, 3.63) is 23.8 Å². The summed E-state index contributed by atoms with van der Waals surface area (Å²) in [6, 6.07) is 3.87. The number of carbonyl (C=O) groups is 1. The van der Waals surface area contributed by atoms with Crippen LogP contribution in [0, 0.1) is 0 Å². The summed E-state index contributed by atoms with van der Waals surface area (Å²) in [5, 5.41) is 5.06. The highest BCUT2D eigenvalue weighted by molar-refractivity contribution is 7.89. The first-order valence-electron chi connectivity index (χ1n) is 6.33. The number of hydrogen-bond acceptors (Lipinski definition) is 5. The summed E-state index contributed by atoms with van der Waals surface area (Å²) >= 11 is 0. The van der Waals surface area contributed by atoms with Gasteiger partial charge in [0.2, 0.25) is 10.0 Å². The highest BCUT2D eigenvalue weighted by atomic mass is 32.2. The van der Waals surface area contributed by atoms with Crippen LogP contribution in [0.3, 0.4) is 0 Å². The molecule has 1 aliphatic carbocycles. The van der Waals surface area contributed by atoms with E-state index in [9.17, 15) is 13.2 Å². The Balaban J connectivity index is 2.29. The minimum Gasteiger partial charge on any atom is -0.496 e. The van der Waals surface area contributed by atoms with Crippen molar-refractivity contribution >= 4 is 16.0 Å². The van der Waals surface area contributed by atoms with Crippen LogP contribution in [-0.2, 0) is 14.8 Å². The van der Waals surface area contributed by atoms with Crippen LogP contribution in [0.2, 0.25) is 0 Å². The summed E-state index contributed by atoms with van der Waals surface area (Å²) < 4.78 is 33.1. The first-order chi connectivity index (χ1) is 9.41. The quantitative estimate of drug-likeness (QED) is 0.849. The molecule has 2 N–H and O–H groups in total. The zero-order valence-corrected chi connectivity index (χ0v) is 12.0. The Morgan fingerprint density at radius 1 is 1.30 bits per heavy atom. The summed E-state index contributed by atoms with van der Waals surface area (Å²) in [5.74, 6) is -0.320. The van der Waals surface area contributed by atoms with Gasteiger partial charge in [0, 0.05) is 0 Å². The van der Waals surface area contributed by atoms with Crippen LogP contribution in [0.25, 0.3) is 0 Å². The lowest BCUT2D eigenvalue weighted by Gasteiger charge is -2.14. The van der Waals surface area contributed by atoms with E-state index in [0.717, 1.165) is 25.7 Å². The van der Waals surface area contributed by atoms with Gasteiger partial charge >= 0.3 is 5.97 Å². The van der Waals surface area contributed by atoms with Gasteiger partial charge in [-0.15, -0.1) is 0 Å². The van der Waals surface area contributed by atoms with Crippen molar-refractivity contribution in [2.24, 2.45) is 5.14 Å². The van der Waals surface area contributed by atoms with Gasteiger partial charge < -0.3 is 9.47 Å².